The predicted molar refractivity (Wildman–Crippen MR) is 91.5 cm³/mol. The minimum absolute atomic E-state index is 0.000126. The minimum Gasteiger partial charge on any atom is -0.460 e. The summed E-state index contributed by atoms with van der Waals surface area (Å²) in [6, 6.07) is 0. The number of esters is 1. The Balaban J connectivity index is 4.05. The van der Waals surface area contributed by atoms with Gasteiger partial charge in [-0.15, -0.1) is 6.58 Å². The SMILES string of the molecule is C=CC(=O)OCCOP(=O)(O)OCCCC(C=C)C(C=N)CC=N. The van der Waals surface area contributed by atoms with E-state index in [-0.39, 0.29) is 31.7 Å². The van der Waals surface area contributed by atoms with Crippen LogP contribution in [0.1, 0.15) is 19.3 Å². The molecule has 0 aliphatic carbocycles. The van der Waals surface area contributed by atoms with Crippen LogP contribution in [0.15, 0.2) is 25.3 Å². The Morgan fingerprint density at radius 1 is 1.17 bits per heavy atom. The summed E-state index contributed by atoms with van der Waals surface area (Å²) < 4.78 is 25.7. The lowest BCUT2D eigenvalue weighted by Gasteiger charge is -2.19. The van der Waals surface area contributed by atoms with Gasteiger partial charge in [0.2, 0.25) is 0 Å². The van der Waals surface area contributed by atoms with Gasteiger partial charge < -0.3 is 20.4 Å². The van der Waals surface area contributed by atoms with Gasteiger partial charge >= 0.3 is 13.8 Å². The highest BCUT2D eigenvalue weighted by Crippen LogP contribution is 2.43. The van der Waals surface area contributed by atoms with Crippen molar-refractivity contribution in [3.8, 4) is 0 Å². The average Bonchev–Trinajstić information content (AvgIpc) is 2.57. The van der Waals surface area contributed by atoms with E-state index in [1.54, 1.807) is 6.08 Å². The Kier molecular flexibility index (Phi) is 11.9. The van der Waals surface area contributed by atoms with E-state index in [0.29, 0.717) is 19.3 Å². The molecule has 0 radical (unpaired) electrons. The minimum atomic E-state index is -4.20. The van der Waals surface area contributed by atoms with Crippen LogP contribution in [-0.2, 0) is 23.1 Å². The standard InChI is InChI=1S/C15H25N2O6P/c1-3-13(14(12-17)7-8-16)6-5-9-22-24(19,20)23-11-10-21-15(18)4-2/h3-4,8,12-14,16-17H,1-2,5-7,9-11H2,(H,19,20). The third-order valence-electron chi connectivity index (χ3n) is 3.14. The van der Waals surface area contributed by atoms with Crippen LogP contribution in [0.25, 0.3) is 0 Å². The molecule has 0 aromatic heterocycles. The molecule has 0 spiro atoms. The van der Waals surface area contributed by atoms with Crippen molar-refractivity contribution in [1.29, 1.82) is 10.8 Å². The number of carbonyl (C=O) groups is 1. The number of rotatable bonds is 15. The van der Waals surface area contributed by atoms with Crippen LogP contribution in [0.3, 0.4) is 0 Å². The van der Waals surface area contributed by atoms with Gasteiger partial charge in [-0.05, 0) is 37.6 Å². The van der Waals surface area contributed by atoms with E-state index in [0.717, 1.165) is 6.08 Å². The second kappa shape index (κ2) is 12.8. The van der Waals surface area contributed by atoms with Crippen molar-refractivity contribution in [2.24, 2.45) is 11.8 Å². The van der Waals surface area contributed by atoms with Gasteiger partial charge in [0.05, 0.1) is 13.2 Å². The second-order valence-electron chi connectivity index (χ2n) is 4.82. The normalized spacial score (nSPS) is 15.5. The van der Waals surface area contributed by atoms with E-state index in [4.69, 9.17) is 15.3 Å². The van der Waals surface area contributed by atoms with Gasteiger partial charge in [0.15, 0.2) is 0 Å². The molecular formula is C15H25N2O6P. The summed E-state index contributed by atoms with van der Waals surface area (Å²) in [6.45, 7) is 6.48. The van der Waals surface area contributed by atoms with E-state index in [9.17, 15) is 14.3 Å². The molecule has 9 heteroatoms. The Hall–Kier alpha value is -1.60. The van der Waals surface area contributed by atoms with Crippen LogP contribution in [0, 0.1) is 22.7 Å². The lowest BCUT2D eigenvalue weighted by Crippen LogP contribution is -2.15. The van der Waals surface area contributed by atoms with Crippen molar-refractivity contribution in [3.05, 3.63) is 25.3 Å². The third kappa shape index (κ3) is 10.2. The average molecular weight is 360 g/mol. The zero-order chi connectivity index (χ0) is 18.4. The number of hydrogen-bond donors (Lipinski definition) is 3. The summed E-state index contributed by atoms with van der Waals surface area (Å²) >= 11 is 0. The lowest BCUT2D eigenvalue weighted by atomic mass is 9.87. The zero-order valence-corrected chi connectivity index (χ0v) is 14.5. The van der Waals surface area contributed by atoms with E-state index >= 15 is 0 Å². The number of hydrogen-bond acceptors (Lipinski definition) is 7. The van der Waals surface area contributed by atoms with Crippen molar-refractivity contribution in [3.63, 3.8) is 0 Å². The van der Waals surface area contributed by atoms with E-state index in [1.807, 2.05) is 0 Å². The molecule has 3 N–H and O–H groups in total. The molecule has 0 fully saturated rings. The maximum absolute atomic E-state index is 11.6. The molecule has 0 aliphatic rings. The molecule has 0 aromatic carbocycles. The van der Waals surface area contributed by atoms with Crippen molar-refractivity contribution in [2.45, 2.75) is 19.3 Å². The first-order valence-electron chi connectivity index (χ1n) is 7.43. The summed E-state index contributed by atoms with van der Waals surface area (Å²) in [5.74, 6) is -0.768. The van der Waals surface area contributed by atoms with Gasteiger partial charge in [0, 0.05) is 12.0 Å². The maximum Gasteiger partial charge on any atom is 0.472 e. The lowest BCUT2D eigenvalue weighted by molar-refractivity contribution is -0.138. The molecule has 0 saturated heterocycles. The van der Waals surface area contributed by atoms with E-state index in [2.05, 4.69) is 22.4 Å². The van der Waals surface area contributed by atoms with Gasteiger partial charge in [0.25, 0.3) is 0 Å². The molecule has 0 rings (SSSR count). The van der Waals surface area contributed by atoms with Gasteiger partial charge in [-0.2, -0.15) is 0 Å². The molecule has 3 atom stereocenters. The van der Waals surface area contributed by atoms with Crippen LogP contribution in [0.2, 0.25) is 0 Å². The quantitative estimate of drug-likeness (QED) is 0.103. The number of nitrogens with one attached hydrogen (secondary N) is 2. The first-order valence-corrected chi connectivity index (χ1v) is 8.92. The molecule has 8 nitrogen and oxygen atoms in total. The second-order valence-corrected chi connectivity index (χ2v) is 6.27. The highest BCUT2D eigenvalue weighted by Gasteiger charge is 2.21. The summed E-state index contributed by atoms with van der Waals surface area (Å²) in [4.78, 5) is 20.2. The number of phosphoric ester groups is 1. The van der Waals surface area contributed by atoms with Crippen LogP contribution in [0.5, 0.6) is 0 Å². The van der Waals surface area contributed by atoms with Crippen molar-refractivity contribution in [1.82, 2.24) is 0 Å². The molecule has 0 saturated carbocycles. The number of allylic oxidation sites excluding steroid dienone is 1. The molecular weight excluding hydrogens is 335 g/mol. The van der Waals surface area contributed by atoms with Crippen LogP contribution >= 0.6 is 7.82 Å². The molecule has 0 bridgehead atoms. The monoisotopic (exact) mass is 360 g/mol. The van der Waals surface area contributed by atoms with Gasteiger partial charge in [-0.3, -0.25) is 9.05 Å². The summed E-state index contributed by atoms with van der Waals surface area (Å²) in [7, 11) is -4.20. The molecule has 3 unspecified atom stereocenters. The van der Waals surface area contributed by atoms with Crippen molar-refractivity contribution >= 4 is 26.2 Å². The summed E-state index contributed by atoms with van der Waals surface area (Å²) in [5, 5.41) is 14.5. The fourth-order valence-electron chi connectivity index (χ4n) is 1.90. The number of phosphoric acid groups is 1. The van der Waals surface area contributed by atoms with E-state index < -0.39 is 13.8 Å². The molecule has 24 heavy (non-hydrogen) atoms. The topological polar surface area (TPSA) is 130 Å². The Bertz CT molecular complexity index is 483. The van der Waals surface area contributed by atoms with E-state index in [1.165, 1.54) is 12.4 Å². The van der Waals surface area contributed by atoms with Crippen LogP contribution < -0.4 is 0 Å². The molecule has 0 aliphatic heterocycles. The first kappa shape index (κ1) is 22.4. The van der Waals surface area contributed by atoms with Gasteiger partial charge in [-0.25, -0.2) is 9.36 Å². The largest absolute Gasteiger partial charge is 0.472 e. The summed E-state index contributed by atoms with van der Waals surface area (Å²) in [5.41, 5.74) is 0. The molecule has 0 amide bonds. The first-order chi connectivity index (χ1) is 11.4. The number of ether oxygens (including phenoxy) is 1. The highest BCUT2D eigenvalue weighted by molar-refractivity contribution is 7.47. The number of carbonyl (C=O) groups excluding carboxylic acids is 1. The third-order valence-corrected chi connectivity index (χ3v) is 4.16. The zero-order valence-electron chi connectivity index (χ0n) is 13.6. The smallest absolute Gasteiger partial charge is 0.460 e. The van der Waals surface area contributed by atoms with Crippen LogP contribution in [-0.4, -0.2) is 43.1 Å². The molecule has 0 heterocycles. The molecule has 0 aromatic rings. The Morgan fingerprint density at radius 3 is 2.38 bits per heavy atom. The fourth-order valence-corrected chi connectivity index (χ4v) is 2.64. The highest BCUT2D eigenvalue weighted by atomic mass is 31.2. The Morgan fingerprint density at radius 2 is 1.83 bits per heavy atom. The fraction of sp³-hybridized carbons (Fsp3) is 0.533. The maximum atomic E-state index is 11.6. The van der Waals surface area contributed by atoms with Crippen LogP contribution in [0.4, 0.5) is 0 Å². The van der Waals surface area contributed by atoms with Gasteiger partial charge in [-0.1, -0.05) is 12.7 Å². The van der Waals surface area contributed by atoms with Crippen molar-refractivity contribution < 1.29 is 28.0 Å². The Labute approximate surface area is 142 Å². The molecule has 136 valence electrons. The van der Waals surface area contributed by atoms with Gasteiger partial charge in [0.1, 0.15) is 6.61 Å². The predicted octanol–water partition coefficient (Wildman–Crippen LogP) is 2.74. The van der Waals surface area contributed by atoms with Crippen molar-refractivity contribution in [2.75, 3.05) is 19.8 Å². The summed E-state index contributed by atoms with van der Waals surface area (Å²) in [6.07, 6.45) is 6.74.